The molecular formula is C22H18N2O2S. The van der Waals surface area contributed by atoms with Gasteiger partial charge in [-0.25, -0.2) is 13.4 Å². The standard InChI is InChI=1S/C22H18N2O2S/c1-27(25,26)19-14-11-17(12-15-19)13-16-22-23-20-9-5-6-10-21(20)24(22)18-7-3-2-4-8-18/h2-16H,1H3/b16-13+. The van der Waals surface area contributed by atoms with Crippen LogP contribution < -0.4 is 0 Å². The molecular weight excluding hydrogens is 356 g/mol. The number of hydrogen-bond donors (Lipinski definition) is 0. The molecule has 0 aliphatic carbocycles. The van der Waals surface area contributed by atoms with E-state index < -0.39 is 9.84 Å². The topological polar surface area (TPSA) is 52.0 Å². The molecule has 4 rings (SSSR count). The number of aromatic nitrogens is 2. The maximum Gasteiger partial charge on any atom is 0.175 e. The summed E-state index contributed by atoms with van der Waals surface area (Å²) in [5.41, 5.74) is 3.91. The van der Waals surface area contributed by atoms with Crippen LogP contribution in [0.3, 0.4) is 0 Å². The second kappa shape index (κ2) is 6.85. The molecule has 3 aromatic carbocycles. The van der Waals surface area contributed by atoms with Crippen molar-refractivity contribution < 1.29 is 8.42 Å². The van der Waals surface area contributed by atoms with Gasteiger partial charge in [-0.15, -0.1) is 0 Å². The molecule has 134 valence electrons. The lowest BCUT2D eigenvalue weighted by Gasteiger charge is -2.06. The molecule has 1 heterocycles. The van der Waals surface area contributed by atoms with Crippen molar-refractivity contribution in [3.05, 3.63) is 90.3 Å². The fourth-order valence-electron chi connectivity index (χ4n) is 3.00. The Morgan fingerprint density at radius 3 is 2.19 bits per heavy atom. The van der Waals surface area contributed by atoms with Gasteiger partial charge in [0.15, 0.2) is 9.84 Å². The summed E-state index contributed by atoms with van der Waals surface area (Å²) >= 11 is 0. The van der Waals surface area contributed by atoms with E-state index in [2.05, 4.69) is 4.57 Å². The Balaban J connectivity index is 1.77. The number of nitrogens with zero attached hydrogens (tertiary/aromatic N) is 2. The summed E-state index contributed by atoms with van der Waals surface area (Å²) in [6.07, 6.45) is 5.09. The highest BCUT2D eigenvalue weighted by atomic mass is 32.2. The van der Waals surface area contributed by atoms with Crippen molar-refractivity contribution in [2.24, 2.45) is 0 Å². The van der Waals surface area contributed by atoms with Crippen molar-refractivity contribution in [2.45, 2.75) is 4.90 Å². The third-order valence-corrected chi connectivity index (χ3v) is 5.46. The minimum atomic E-state index is -3.19. The Morgan fingerprint density at radius 2 is 1.48 bits per heavy atom. The number of fused-ring (bicyclic) bond motifs is 1. The Labute approximate surface area is 158 Å². The molecule has 0 unspecified atom stereocenters. The molecule has 0 aliphatic rings. The van der Waals surface area contributed by atoms with Crippen LogP contribution in [-0.2, 0) is 9.84 Å². The van der Waals surface area contributed by atoms with E-state index in [1.807, 2.05) is 66.7 Å². The molecule has 0 fully saturated rings. The molecule has 0 saturated carbocycles. The third-order valence-electron chi connectivity index (χ3n) is 4.33. The van der Waals surface area contributed by atoms with Crippen molar-refractivity contribution >= 4 is 33.0 Å². The van der Waals surface area contributed by atoms with E-state index in [0.29, 0.717) is 4.90 Å². The van der Waals surface area contributed by atoms with Gasteiger partial charge in [-0.05, 0) is 48.0 Å². The smallest absolute Gasteiger partial charge is 0.175 e. The third kappa shape index (κ3) is 3.55. The Kier molecular flexibility index (Phi) is 4.38. The van der Waals surface area contributed by atoms with Crippen molar-refractivity contribution in [1.82, 2.24) is 9.55 Å². The molecule has 0 N–H and O–H groups in total. The van der Waals surface area contributed by atoms with Gasteiger partial charge in [-0.2, -0.15) is 0 Å². The highest BCUT2D eigenvalue weighted by Gasteiger charge is 2.10. The number of para-hydroxylation sites is 3. The maximum absolute atomic E-state index is 11.6. The van der Waals surface area contributed by atoms with Crippen LogP contribution in [0.15, 0.2) is 83.8 Å². The summed E-state index contributed by atoms with van der Waals surface area (Å²) in [6.45, 7) is 0. The molecule has 4 nitrogen and oxygen atoms in total. The SMILES string of the molecule is CS(=O)(=O)c1ccc(/C=C/c2nc3ccccc3n2-c2ccccc2)cc1. The van der Waals surface area contributed by atoms with Gasteiger partial charge in [-0.3, -0.25) is 4.57 Å². The quantitative estimate of drug-likeness (QED) is 0.525. The number of rotatable bonds is 4. The predicted octanol–water partition coefficient (Wildman–Crippen LogP) is 4.60. The second-order valence-corrected chi connectivity index (χ2v) is 8.32. The van der Waals surface area contributed by atoms with Gasteiger partial charge < -0.3 is 0 Å². The average molecular weight is 374 g/mol. The van der Waals surface area contributed by atoms with Crippen LogP contribution in [0.2, 0.25) is 0 Å². The highest BCUT2D eigenvalue weighted by molar-refractivity contribution is 7.90. The second-order valence-electron chi connectivity index (χ2n) is 6.30. The molecule has 0 bridgehead atoms. The maximum atomic E-state index is 11.6. The average Bonchev–Trinajstić information content (AvgIpc) is 3.05. The Morgan fingerprint density at radius 1 is 0.815 bits per heavy atom. The summed E-state index contributed by atoms with van der Waals surface area (Å²) < 4.78 is 25.3. The Hall–Kier alpha value is -3.18. The van der Waals surface area contributed by atoms with Crippen LogP contribution in [0.4, 0.5) is 0 Å². The summed E-state index contributed by atoms with van der Waals surface area (Å²) in [5.74, 6) is 0.814. The monoisotopic (exact) mass is 374 g/mol. The van der Waals surface area contributed by atoms with Gasteiger partial charge in [0, 0.05) is 11.9 Å². The van der Waals surface area contributed by atoms with E-state index in [9.17, 15) is 8.42 Å². The van der Waals surface area contributed by atoms with E-state index in [1.165, 1.54) is 6.26 Å². The molecule has 0 atom stereocenters. The normalized spacial score (nSPS) is 12.0. The molecule has 27 heavy (non-hydrogen) atoms. The zero-order valence-electron chi connectivity index (χ0n) is 14.8. The van der Waals surface area contributed by atoms with Crippen LogP contribution >= 0.6 is 0 Å². The molecule has 0 saturated heterocycles. The van der Waals surface area contributed by atoms with Crippen molar-refractivity contribution in [3.63, 3.8) is 0 Å². The number of sulfone groups is 1. The van der Waals surface area contributed by atoms with Gasteiger partial charge in [0.2, 0.25) is 0 Å². The minimum Gasteiger partial charge on any atom is -0.293 e. The largest absolute Gasteiger partial charge is 0.293 e. The molecule has 4 aromatic rings. The summed E-state index contributed by atoms with van der Waals surface area (Å²) in [6, 6.07) is 24.9. The fraction of sp³-hybridized carbons (Fsp3) is 0.0455. The molecule has 0 amide bonds. The lowest BCUT2D eigenvalue weighted by Crippen LogP contribution is -1.97. The van der Waals surface area contributed by atoms with E-state index in [4.69, 9.17) is 4.98 Å². The molecule has 0 aliphatic heterocycles. The highest BCUT2D eigenvalue weighted by Crippen LogP contribution is 2.23. The van der Waals surface area contributed by atoms with Gasteiger partial charge in [0.1, 0.15) is 5.82 Å². The van der Waals surface area contributed by atoms with Crippen LogP contribution in [-0.4, -0.2) is 24.2 Å². The van der Waals surface area contributed by atoms with Gasteiger partial charge in [0.25, 0.3) is 0 Å². The van der Waals surface area contributed by atoms with E-state index in [1.54, 1.807) is 24.3 Å². The van der Waals surface area contributed by atoms with Crippen LogP contribution in [0.5, 0.6) is 0 Å². The fourth-order valence-corrected chi connectivity index (χ4v) is 3.63. The number of imidazole rings is 1. The summed E-state index contributed by atoms with van der Waals surface area (Å²) in [7, 11) is -3.19. The van der Waals surface area contributed by atoms with E-state index in [-0.39, 0.29) is 0 Å². The van der Waals surface area contributed by atoms with Crippen LogP contribution in [0, 0.1) is 0 Å². The van der Waals surface area contributed by atoms with E-state index in [0.717, 1.165) is 28.1 Å². The van der Waals surface area contributed by atoms with Crippen molar-refractivity contribution in [3.8, 4) is 5.69 Å². The molecule has 1 aromatic heterocycles. The first-order valence-corrected chi connectivity index (χ1v) is 10.4. The lowest BCUT2D eigenvalue weighted by atomic mass is 10.2. The van der Waals surface area contributed by atoms with Crippen molar-refractivity contribution in [2.75, 3.05) is 6.26 Å². The number of benzene rings is 3. The van der Waals surface area contributed by atoms with Crippen molar-refractivity contribution in [1.29, 1.82) is 0 Å². The summed E-state index contributed by atoms with van der Waals surface area (Å²) in [4.78, 5) is 5.06. The Bertz CT molecular complexity index is 1220. The predicted molar refractivity (Wildman–Crippen MR) is 110 cm³/mol. The summed E-state index contributed by atoms with van der Waals surface area (Å²) in [5, 5.41) is 0. The van der Waals surface area contributed by atoms with Gasteiger partial charge in [0.05, 0.1) is 15.9 Å². The van der Waals surface area contributed by atoms with Crippen LogP contribution in [0.1, 0.15) is 11.4 Å². The van der Waals surface area contributed by atoms with Gasteiger partial charge in [-0.1, -0.05) is 48.5 Å². The zero-order chi connectivity index (χ0) is 18.9. The minimum absolute atomic E-state index is 0.316. The molecule has 0 spiro atoms. The first kappa shape index (κ1) is 17.2. The lowest BCUT2D eigenvalue weighted by molar-refractivity contribution is 0.602. The first-order valence-electron chi connectivity index (χ1n) is 8.53. The van der Waals surface area contributed by atoms with E-state index >= 15 is 0 Å². The molecule has 5 heteroatoms. The number of hydrogen-bond acceptors (Lipinski definition) is 3. The molecule has 0 radical (unpaired) electrons. The van der Waals surface area contributed by atoms with Gasteiger partial charge >= 0.3 is 0 Å². The first-order chi connectivity index (χ1) is 13.0. The van der Waals surface area contributed by atoms with Crippen LogP contribution in [0.25, 0.3) is 28.9 Å². The zero-order valence-corrected chi connectivity index (χ0v) is 15.6.